The van der Waals surface area contributed by atoms with Crippen LogP contribution < -0.4 is 30.7 Å². The molecule has 8 heterocycles. The van der Waals surface area contributed by atoms with Gasteiger partial charge in [-0.25, -0.2) is 9.59 Å². The first-order chi connectivity index (χ1) is 28.8. The van der Waals surface area contributed by atoms with E-state index in [1.807, 2.05) is 6.07 Å². The first kappa shape index (κ1) is 38.3. The van der Waals surface area contributed by atoms with Gasteiger partial charge in [-0.3, -0.25) is 39.8 Å². The Labute approximate surface area is 348 Å². The second-order valence-electron chi connectivity index (χ2n) is 14.3. The number of hydrogen-bond acceptors (Lipinski definition) is 12. The summed E-state index contributed by atoms with van der Waals surface area (Å²) in [5.74, 6) is -0.666. The predicted octanol–water partition coefficient (Wildman–Crippen LogP) is 4.36. The minimum absolute atomic E-state index is 0.0757. The van der Waals surface area contributed by atoms with Crippen LogP contribution in [0.15, 0.2) is 82.2 Å². The summed E-state index contributed by atoms with van der Waals surface area (Å²) in [4.78, 5) is 86.9. The van der Waals surface area contributed by atoms with Crippen LogP contribution in [-0.4, -0.2) is 82.8 Å². The number of amides is 8. The number of benzene rings is 2. The third kappa shape index (κ3) is 6.10. The van der Waals surface area contributed by atoms with Crippen LogP contribution in [0.5, 0.6) is 11.5 Å². The van der Waals surface area contributed by atoms with Gasteiger partial charge in [0.25, 0.3) is 23.6 Å². The summed E-state index contributed by atoms with van der Waals surface area (Å²) in [6, 6.07) is 12.1. The van der Waals surface area contributed by atoms with Crippen LogP contribution in [-0.2, 0) is 33.8 Å². The van der Waals surface area contributed by atoms with Crippen molar-refractivity contribution in [2.75, 3.05) is 27.3 Å². The molecule has 20 heteroatoms. The van der Waals surface area contributed by atoms with Gasteiger partial charge in [0.15, 0.2) is 16.8 Å². The molecule has 4 N–H and O–H groups in total. The van der Waals surface area contributed by atoms with Crippen LogP contribution in [0.1, 0.15) is 43.4 Å². The molecule has 304 valence electrons. The summed E-state index contributed by atoms with van der Waals surface area (Å²) in [6.07, 6.45) is 6.31. The molecule has 2 aromatic carbocycles. The van der Waals surface area contributed by atoms with Gasteiger partial charge in [0, 0.05) is 54.2 Å². The van der Waals surface area contributed by atoms with Crippen molar-refractivity contribution in [1.29, 1.82) is 0 Å². The number of pyridine rings is 2. The van der Waals surface area contributed by atoms with Gasteiger partial charge in [-0.05, 0) is 53.6 Å². The van der Waals surface area contributed by atoms with Crippen LogP contribution in [0.4, 0.5) is 9.59 Å². The number of halogens is 2. The Morgan fingerprint density at radius 1 is 0.700 bits per heavy atom. The van der Waals surface area contributed by atoms with E-state index in [1.54, 1.807) is 67.3 Å². The van der Waals surface area contributed by atoms with E-state index in [2.05, 4.69) is 31.2 Å². The Balaban J connectivity index is 0.000000154. The van der Waals surface area contributed by atoms with Gasteiger partial charge in [0.2, 0.25) is 0 Å². The van der Waals surface area contributed by atoms with Gasteiger partial charge >= 0.3 is 12.1 Å². The van der Waals surface area contributed by atoms with Gasteiger partial charge in [-0.15, -0.1) is 0 Å². The molecule has 0 aliphatic carbocycles. The standard InChI is InChI=1S/C20H14Cl2N4O5.C20H16N4O5/c1-30-16-11(21)4-10-7-26(17(27)14(10)15(16)22)8-20(18(28)24-19(29)25-20)13-5-9-6-23-3-2-12(9)31-13;1-28-13-3-2-11-9-24(17(25)14(11)7-13)10-20(18(26)22-19(27)23-20)16-6-12-8-21-5-4-15(12)29-16/h2-6H,7-8H2,1H3,(H2,24,25,28,29);2-8H,9-10H2,1H3,(H2,22,23,26,27)/t2*20-/m00/s1. The van der Waals surface area contributed by atoms with Crippen molar-refractivity contribution in [3.63, 3.8) is 0 Å². The third-order valence-electron chi connectivity index (χ3n) is 10.7. The van der Waals surface area contributed by atoms with E-state index in [-0.39, 0.29) is 58.4 Å². The minimum Gasteiger partial charge on any atom is -0.497 e. The van der Waals surface area contributed by atoms with Crippen molar-refractivity contribution in [2.24, 2.45) is 0 Å². The van der Waals surface area contributed by atoms with Crippen LogP contribution in [0, 0.1) is 0 Å². The second-order valence-corrected chi connectivity index (χ2v) is 15.0. The maximum atomic E-state index is 13.2. The molecule has 6 aromatic rings. The van der Waals surface area contributed by atoms with Crippen LogP contribution in [0.2, 0.25) is 10.0 Å². The van der Waals surface area contributed by atoms with Crippen molar-refractivity contribution in [3.05, 3.63) is 117 Å². The fourth-order valence-electron chi connectivity index (χ4n) is 7.82. The summed E-state index contributed by atoms with van der Waals surface area (Å²) in [7, 11) is 2.93. The average molecular weight is 854 g/mol. The van der Waals surface area contributed by atoms with Crippen molar-refractivity contribution in [3.8, 4) is 11.5 Å². The Bertz CT molecular complexity index is 2800. The van der Waals surface area contributed by atoms with Crippen molar-refractivity contribution < 1.29 is 47.1 Å². The highest BCUT2D eigenvalue weighted by molar-refractivity contribution is 6.39. The van der Waals surface area contributed by atoms with E-state index in [0.717, 1.165) is 5.56 Å². The normalized spacial score (nSPS) is 20.5. The highest BCUT2D eigenvalue weighted by Crippen LogP contribution is 2.43. The number of nitrogens with zero attached hydrogens (tertiary/aromatic N) is 4. The molecule has 0 saturated carbocycles. The van der Waals surface area contributed by atoms with Crippen molar-refractivity contribution >= 4 is 80.8 Å². The Hall–Kier alpha value is -7.18. The molecule has 60 heavy (non-hydrogen) atoms. The number of methoxy groups -OCH3 is 2. The van der Waals surface area contributed by atoms with Crippen molar-refractivity contribution in [1.82, 2.24) is 41.0 Å². The van der Waals surface area contributed by atoms with E-state index < -0.39 is 40.9 Å². The van der Waals surface area contributed by atoms with E-state index in [4.69, 9.17) is 41.5 Å². The number of furan rings is 2. The molecule has 8 amide bonds. The number of carbonyl (C=O) groups is 6. The molecule has 0 radical (unpaired) electrons. The van der Waals surface area contributed by atoms with Gasteiger partial charge in [-0.2, -0.15) is 0 Å². The van der Waals surface area contributed by atoms with Gasteiger partial charge in [0.1, 0.15) is 28.4 Å². The topological polar surface area (TPSA) is 228 Å². The predicted molar refractivity (Wildman–Crippen MR) is 210 cm³/mol. The van der Waals surface area contributed by atoms with E-state index in [1.165, 1.54) is 24.0 Å². The molecular weight excluding hydrogens is 823 g/mol. The summed E-state index contributed by atoms with van der Waals surface area (Å²) < 4.78 is 22.1. The number of carbonyl (C=O) groups excluding carboxylic acids is 6. The molecule has 2 saturated heterocycles. The summed E-state index contributed by atoms with van der Waals surface area (Å²) in [6.45, 7) is 0.199. The van der Waals surface area contributed by atoms with E-state index in [9.17, 15) is 28.8 Å². The Morgan fingerprint density at radius 3 is 1.75 bits per heavy atom. The third-order valence-corrected chi connectivity index (χ3v) is 11.4. The molecule has 4 aliphatic rings. The van der Waals surface area contributed by atoms with Gasteiger partial charge in [-0.1, -0.05) is 29.3 Å². The lowest BCUT2D eigenvalue weighted by molar-refractivity contribution is -0.126. The van der Waals surface area contributed by atoms with Gasteiger partial charge < -0.3 is 38.7 Å². The zero-order valence-corrected chi connectivity index (χ0v) is 32.9. The molecule has 0 bridgehead atoms. The highest BCUT2D eigenvalue weighted by atomic mass is 35.5. The monoisotopic (exact) mass is 852 g/mol. The summed E-state index contributed by atoms with van der Waals surface area (Å²) >= 11 is 12.6. The molecule has 10 rings (SSSR count). The molecule has 18 nitrogen and oxygen atoms in total. The number of aromatic nitrogens is 2. The molecule has 4 aromatic heterocycles. The zero-order chi connectivity index (χ0) is 42.1. The second kappa shape index (κ2) is 14.3. The maximum absolute atomic E-state index is 13.2. The Kier molecular flexibility index (Phi) is 9.12. The lowest BCUT2D eigenvalue weighted by Gasteiger charge is -2.29. The maximum Gasteiger partial charge on any atom is 0.322 e. The average Bonchev–Trinajstić information content (AvgIpc) is 4.07. The van der Waals surface area contributed by atoms with Crippen LogP contribution in [0.25, 0.3) is 21.9 Å². The van der Waals surface area contributed by atoms with E-state index in [0.29, 0.717) is 45.4 Å². The lowest BCUT2D eigenvalue weighted by Crippen LogP contribution is -2.52. The summed E-state index contributed by atoms with van der Waals surface area (Å²) in [5, 5.41) is 11.5. The molecule has 2 fully saturated rings. The molecule has 0 spiro atoms. The number of urea groups is 2. The largest absolute Gasteiger partial charge is 0.497 e. The number of imide groups is 2. The van der Waals surface area contributed by atoms with Gasteiger partial charge in [0.05, 0.1) is 42.9 Å². The quantitative estimate of drug-likeness (QED) is 0.157. The molecular formula is C40H30Cl2N8O10. The number of fused-ring (bicyclic) bond motifs is 4. The van der Waals surface area contributed by atoms with E-state index >= 15 is 0 Å². The smallest absolute Gasteiger partial charge is 0.322 e. The molecule has 0 unspecified atom stereocenters. The summed E-state index contributed by atoms with van der Waals surface area (Å²) in [5.41, 5.74) is 0.0538. The van der Waals surface area contributed by atoms with Crippen molar-refractivity contribution in [2.45, 2.75) is 24.2 Å². The fourth-order valence-corrected chi connectivity index (χ4v) is 8.55. The lowest BCUT2D eigenvalue weighted by atomic mass is 9.95. The zero-order valence-electron chi connectivity index (χ0n) is 31.4. The first-order valence-electron chi connectivity index (χ1n) is 18.1. The number of nitrogens with one attached hydrogen (secondary N) is 4. The van der Waals surface area contributed by atoms with Crippen LogP contribution in [0.3, 0.4) is 0 Å². The minimum atomic E-state index is -1.62. The highest BCUT2D eigenvalue weighted by Gasteiger charge is 2.54. The molecule has 2 atom stereocenters. The number of hydrogen-bond donors (Lipinski definition) is 4. The fraction of sp³-hybridized carbons (Fsp3) is 0.200. The number of ether oxygens (including phenoxy) is 2. The molecule has 4 aliphatic heterocycles. The van der Waals surface area contributed by atoms with Crippen LogP contribution >= 0.6 is 23.2 Å². The number of rotatable bonds is 8. The first-order valence-corrected chi connectivity index (χ1v) is 18.9. The Morgan fingerprint density at radius 2 is 1.25 bits per heavy atom. The SMILES string of the molecule is COc1c(Cl)cc2c(c1Cl)C(=O)N(C[C@@]1(c3cc4cnccc4o3)NC(=O)NC1=O)C2.COc1ccc2c(c1)C(=O)N(C[C@@]1(c3cc4cnccc4o3)NC(=O)NC1=O)C2.